The fourth-order valence-electron chi connectivity index (χ4n) is 2.62. The van der Waals surface area contributed by atoms with Gasteiger partial charge in [0.05, 0.1) is 12.2 Å². The van der Waals surface area contributed by atoms with E-state index >= 15 is 0 Å². The number of benzene rings is 1. The van der Waals surface area contributed by atoms with E-state index in [4.69, 9.17) is 4.74 Å². The van der Waals surface area contributed by atoms with Gasteiger partial charge >= 0.3 is 5.97 Å². The SMILES string of the molecule is CCOC(=O)c1ccc(-n2c(C)cc(C=CCNC)c2C)cc1. The van der Waals surface area contributed by atoms with Gasteiger partial charge in [-0.25, -0.2) is 4.79 Å². The first-order valence-electron chi connectivity index (χ1n) is 7.86. The highest BCUT2D eigenvalue weighted by Gasteiger charge is 2.10. The Kier molecular flexibility index (Phi) is 5.77. The number of aromatic nitrogens is 1. The summed E-state index contributed by atoms with van der Waals surface area (Å²) >= 11 is 0. The number of hydrogen-bond donors (Lipinski definition) is 1. The minimum atomic E-state index is -0.282. The zero-order chi connectivity index (χ0) is 16.8. The van der Waals surface area contributed by atoms with Crippen LogP contribution in [0.1, 0.15) is 34.2 Å². The molecule has 0 radical (unpaired) electrons. The molecule has 0 aliphatic heterocycles. The first kappa shape index (κ1) is 17.0. The van der Waals surface area contributed by atoms with Crippen molar-refractivity contribution in [1.82, 2.24) is 9.88 Å². The molecule has 0 amide bonds. The first-order chi connectivity index (χ1) is 11.1. The van der Waals surface area contributed by atoms with Crippen molar-refractivity contribution in [2.45, 2.75) is 20.8 Å². The third-order valence-electron chi connectivity index (χ3n) is 3.73. The standard InChI is InChI=1S/C19H24N2O2/c1-5-23-19(22)16-8-10-18(11-9-16)21-14(2)13-17(15(21)3)7-6-12-20-4/h6-11,13,20H,5,12H2,1-4H3. The number of likely N-dealkylation sites (N-methyl/N-ethyl adjacent to an activating group) is 1. The van der Waals surface area contributed by atoms with Crippen molar-refractivity contribution in [1.29, 1.82) is 0 Å². The number of ether oxygens (including phenoxy) is 1. The van der Waals surface area contributed by atoms with Gasteiger partial charge in [-0.15, -0.1) is 0 Å². The van der Waals surface area contributed by atoms with E-state index in [-0.39, 0.29) is 5.97 Å². The van der Waals surface area contributed by atoms with Gasteiger partial charge in [-0.3, -0.25) is 0 Å². The Labute approximate surface area is 137 Å². The predicted octanol–water partition coefficient (Wildman–Crippen LogP) is 3.50. The molecule has 0 aliphatic carbocycles. The maximum absolute atomic E-state index is 11.7. The molecule has 122 valence electrons. The second-order valence-corrected chi connectivity index (χ2v) is 5.39. The number of nitrogens with one attached hydrogen (secondary N) is 1. The summed E-state index contributed by atoms with van der Waals surface area (Å²) in [5, 5.41) is 3.10. The fraction of sp³-hybridized carbons (Fsp3) is 0.316. The molecule has 2 rings (SSSR count). The topological polar surface area (TPSA) is 43.3 Å². The van der Waals surface area contributed by atoms with Crippen LogP contribution in [0, 0.1) is 13.8 Å². The summed E-state index contributed by atoms with van der Waals surface area (Å²) in [4.78, 5) is 11.7. The van der Waals surface area contributed by atoms with Crippen LogP contribution in [0.5, 0.6) is 0 Å². The van der Waals surface area contributed by atoms with Gasteiger partial charge in [0, 0.05) is 23.6 Å². The highest BCUT2D eigenvalue weighted by molar-refractivity contribution is 5.89. The molecule has 0 atom stereocenters. The Morgan fingerprint density at radius 2 is 1.96 bits per heavy atom. The van der Waals surface area contributed by atoms with Crippen LogP contribution < -0.4 is 5.32 Å². The van der Waals surface area contributed by atoms with Gasteiger partial charge < -0.3 is 14.6 Å². The van der Waals surface area contributed by atoms with E-state index in [1.165, 1.54) is 11.3 Å². The fourth-order valence-corrected chi connectivity index (χ4v) is 2.62. The lowest BCUT2D eigenvalue weighted by Crippen LogP contribution is -2.05. The molecule has 0 saturated heterocycles. The first-order valence-corrected chi connectivity index (χ1v) is 7.86. The van der Waals surface area contributed by atoms with E-state index in [9.17, 15) is 4.79 Å². The lowest BCUT2D eigenvalue weighted by atomic mass is 10.2. The van der Waals surface area contributed by atoms with Crippen LogP contribution in [-0.4, -0.2) is 30.7 Å². The van der Waals surface area contributed by atoms with Gasteiger partial charge in [-0.2, -0.15) is 0 Å². The molecule has 1 N–H and O–H groups in total. The average molecular weight is 312 g/mol. The lowest BCUT2D eigenvalue weighted by Gasteiger charge is -2.10. The summed E-state index contributed by atoms with van der Waals surface area (Å²) in [6.45, 7) is 7.23. The van der Waals surface area contributed by atoms with Crippen molar-refractivity contribution < 1.29 is 9.53 Å². The quantitative estimate of drug-likeness (QED) is 0.830. The van der Waals surface area contributed by atoms with Gasteiger partial charge in [0.25, 0.3) is 0 Å². The average Bonchev–Trinajstić information content (AvgIpc) is 2.82. The van der Waals surface area contributed by atoms with Crippen molar-refractivity contribution in [2.75, 3.05) is 20.2 Å². The monoisotopic (exact) mass is 312 g/mol. The maximum Gasteiger partial charge on any atom is 0.338 e. The summed E-state index contributed by atoms with van der Waals surface area (Å²) in [6, 6.07) is 9.69. The molecular weight excluding hydrogens is 288 g/mol. The second kappa shape index (κ2) is 7.79. The second-order valence-electron chi connectivity index (χ2n) is 5.39. The van der Waals surface area contributed by atoms with Crippen molar-refractivity contribution >= 4 is 12.0 Å². The van der Waals surface area contributed by atoms with E-state index < -0.39 is 0 Å². The van der Waals surface area contributed by atoms with E-state index in [0.717, 1.165) is 17.9 Å². The van der Waals surface area contributed by atoms with Crippen LogP contribution in [0.25, 0.3) is 11.8 Å². The number of carbonyl (C=O) groups excluding carboxylic acids is 1. The smallest absolute Gasteiger partial charge is 0.338 e. The Morgan fingerprint density at radius 1 is 1.26 bits per heavy atom. The van der Waals surface area contributed by atoms with E-state index in [2.05, 4.69) is 41.9 Å². The van der Waals surface area contributed by atoms with Crippen molar-refractivity contribution in [3.05, 3.63) is 58.9 Å². The van der Waals surface area contributed by atoms with Crippen LogP contribution in [0.3, 0.4) is 0 Å². The largest absolute Gasteiger partial charge is 0.462 e. The predicted molar refractivity (Wildman–Crippen MR) is 94.2 cm³/mol. The minimum Gasteiger partial charge on any atom is -0.462 e. The van der Waals surface area contributed by atoms with E-state index in [1.807, 2.05) is 38.2 Å². The normalized spacial score (nSPS) is 11.1. The van der Waals surface area contributed by atoms with Gasteiger partial charge in [0.1, 0.15) is 0 Å². The summed E-state index contributed by atoms with van der Waals surface area (Å²) in [7, 11) is 1.93. The van der Waals surface area contributed by atoms with Crippen LogP contribution >= 0.6 is 0 Å². The molecule has 4 nitrogen and oxygen atoms in total. The molecule has 2 aromatic rings. The van der Waals surface area contributed by atoms with Crippen LogP contribution in [0.15, 0.2) is 36.4 Å². The summed E-state index contributed by atoms with van der Waals surface area (Å²) < 4.78 is 7.21. The molecule has 0 fully saturated rings. The third kappa shape index (κ3) is 3.90. The van der Waals surface area contributed by atoms with Crippen LogP contribution in [-0.2, 0) is 4.74 Å². The number of carbonyl (C=O) groups is 1. The molecule has 4 heteroatoms. The highest BCUT2D eigenvalue weighted by Crippen LogP contribution is 2.22. The van der Waals surface area contributed by atoms with Crippen LogP contribution in [0.4, 0.5) is 0 Å². The van der Waals surface area contributed by atoms with Crippen molar-refractivity contribution in [2.24, 2.45) is 0 Å². The molecule has 0 saturated carbocycles. The number of esters is 1. The lowest BCUT2D eigenvalue weighted by molar-refractivity contribution is 0.0526. The number of aryl methyl sites for hydroxylation is 1. The molecule has 0 bridgehead atoms. The summed E-state index contributed by atoms with van der Waals surface area (Å²) in [6.07, 6.45) is 4.23. The highest BCUT2D eigenvalue weighted by atomic mass is 16.5. The number of rotatable bonds is 6. The summed E-state index contributed by atoms with van der Waals surface area (Å²) in [5.41, 5.74) is 5.16. The molecule has 0 spiro atoms. The van der Waals surface area contributed by atoms with Gasteiger partial charge in [0.2, 0.25) is 0 Å². The minimum absolute atomic E-state index is 0.282. The number of nitrogens with zero attached hydrogens (tertiary/aromatic N) is 1. The molecule has 0 unspecified atom stereocenters. The van der Waals surface area contributed by atoms with Crippen molar-refractivity contribution in [3.8, 4) is 5.69 Å². The van der Waals surface area contributed by atoms with Gasteiger partial charge in [-0.1, -0.05) is 12.2 Å². The molecule has 23 heavy (non-hydrogen) atoms. The zero-order valence-corrected chi connectivity index (χ0v) is 14.2. The Balaban J connectivity index is 2.30. The molecule has 0 aliphatic rings. The zero-order valence-electron chi connectivity index (χ0n) is 14.2. The summed E-state index contributed by atoms with van der Waals surface area (Å²) in [5.74, 6) is -0.282. The number of hydrogen-bond acceptors (Lipinski definition) is 3. The van der Waals surface area contributed by atoms with Crippen LogP contribution in [0.2, 0.25) is 0 Å². The molecule has 1 aromatic carbocycles. The molecule has 1 aromatic heterocycles. The Bertz CT molecular complexity index is 697. The maximum atomic E-state index is 11.7. The Morgan fingerprint density at radius 3 is 2.57 bits per heavy atom. The van der Waals surface area contributed by atoms with E-state index in [0.29, 0.717) is 12.2 Å². The molecule has 1 heterocycles. The Hall–Kier alpha value is -2.33. The third-order valence-corrected chi connectivity index (χ3v) is 3.73. The van der Waals surface area contributed by atoms with Crippen molar-refractivity contribution in [3.63, 3.8) is 0 Å². The van der Waals surface area contributed by atoms with Gasteiger partial charge in [0.15, 0.2) is 0 Å². The van der Waals surface area contributed by atoms with E-state index in [1.54, 1.807) is 0 Å². The molecular formula is C19H24N2O2. The van der Waals surface area contributed by atoms with Gasteiger partial charge in [-0.05, 0) is 63.7 Å².